The summed E-state index contributed by atoms with van der Waals surface area (Å²) >= 11 is 0. The maximum Gasteiger partial charge on any atom is 0.326 e. The summed E-state index contributed by atoms with van der Waals surface area (Å²) in [5.41, 5.74) is 49.6. The lowest BCUT2D eigenvalue weighted by atomic mass is 10.0. The van der Waals surface area contributed by atoms with E-state index in [2.05, 4.69) is 73.8 Å². The number of nitrogens with one attached hydrogen (secondary N) is 12. The maximum atomic E-state index is 14.6. The number of carboxylic acids is 4. The Labute approximate surface area is 644 Å². The van der Waals surface area contributed by atoms with E-state index in [1.807, 2.05) is 0 Å². The Balaban J connectivity index is 7.33. The molecular weight excluding hydrogens is 1490 g/mol. The molecule has 15 amide bonds. The van der Waals surface area contributed by atoms with Crippen LogP contribution in [-0.2, 0) is 91.1 Å². The molecule has 0 spiro atoms. The van der Waals surface area contributed by atoms with Gasteiger partial charge in [0, 0.05) is 45.2 Å². The number of carbonyl (C=O) groups excluding carboxylic acids is 15. The molecule has 0 bridgehead atoms. The largest absolute Gasteiger partial charge is 0.481 e. The van der Waals surface area contributed by atoms with Crippen LogP contribution in [0.25, 0.3) is 0 Å². The second kappa shape index (κ2) is 53.2. The van der Waals surface area contributed by atoms with Crippen molar-refractivity contribution in [3.8, 4) is 0 Å². The van der Waals surface area contributed by atoms with Gasteiger partial charge in [0.2, 0.25) is 88.6 Å². The highest BCUT2D eigenvalue weighted by Gasteiger charge is 2.38. The second-order valence-electron chi connectivity index (χ2n) is 26.9. The van der Waals surface area contributed by atoms with Crippen molar-refractivity contribution >= 4 is 124 Å². The smallest absolute Gasteiger partial charge is 0.326 e. The van der Waals surface area contributed by atoms with Crippen LogP contribution in [0.4, 0.5) is 0 Å². The van der Waals surface area contributed by atoms with Crippen molar-refractivity contribution in [2.45, 2.75) is 242 Å². The summed E-state index contributed by atoms with van der Waals surface area (Å²) < 4.78 is 0. The minimum Gasteiger partial charge on any atom is -0.481 e. The number of guanidine groups is 2. The van der Waals surface area contributed by atoms with Crippen LogP contribution in [0.15, 0.2) is 9.98 Å². The third-order valence-corrected chi connectivity index (χ3v) is 16.2. The van der Waals surface area contributed by atoms with Gasteiger partial charge in [0.15, 0.2) is 11.9 Å². The molecule has 47 nitrogen and oxygen atoms in total. The molecule has 35 N–H and O–H groups in total. The van der Waals surface area contributed by atoms with Crippen LogP contribution in [0.2, 0.25) is 0 Å². The number of nitrogens with two attached hydrogens (primary N) is 9. The quantitative estimate of drug-likeness (QED) is 0.0153. The highest BCUT2D eigenvalue weighted by Crippen LogP contribution is 2.14. The fraction of sp³-hybridized carbons (Fsp3) is 0.677. The SMILES string of the molecule is CC(C)C[C@H](NC(=O)[C@H](CC(=O)O)NC(=O)[C@H](CCC(N)=O)NC(=O)[C@H](CO)NC(=O)[C@H](CCCCN)NC(=O)[C@H](CC(C)C)NC(=O)[C@H](CCCN=C(N)N)NC(=O)[C@H](CCC(N)=O)NC(=O)[C@H](CCC(N)=O)NC(=O)[C@H](CCC(=O)O)NC(=O)[C@H](C)NC(=O)[C@H](CCCN=C(N)N)NC(=O)[C@@H](N)CCC(=O)O)C(=O)O. The number of aliphatic hydroxyl groups excluding tert-OH is 1. The number of primary amides is 3. The van der Waals surface area contributed by atoms with Gasteiger partial charge in [-0.05, 0) is 115 Å². The van der Waals surface area contributed by atoms with Crippen LogP contribution in [-0.4, -0.2) is 255 Å². The summed E-state index contributed by atoms with van der Waals surface area (Å²) in [5, 5.41) is 76.2. The summed E-state index contributed by atoms with van der Waals surface area (Å²) in [6.45, 7) is 6.35. The normalized spacial score (nSPS) is 14.4. The molecule has 0 radical (unpaired) electrons. The van der Waals surface area contributed by atoms with Gasteiger partial charge >= 0.3 is 23.9 Å². The first-order valence-corrected chi connectivity index (χ1v) is 35.9. The molecule has 0 aromatic heterocycles. The van der Waals surface area contributed by atoms with E-state index in [4.69, 9.17) is 56.7 Å². The van der Waals surface area contributed by atoms with Crippen molar-refractivity contribution < 1.29 is 117 Å². The summed E-state index contributed by atoms with van der Waals surface area (Å²) in [7, 11) is 0. The number of carbonyl (C=O) groups is 19. The van der Waals surface area contributed by atoms with E-state index in [0.717, 1.165) is 6.92 Å². The maximum absolute atomic E-state index is 14.6. The first-order valence-electron chi connectivity index (χ1n) is 35.9. The third kappa shape index (κ3) is 43.5. The average molecular weight is 1600 g/mol. The van der Waals surface area contributed by atoms with Crippen LogP contribution in [0, 0.1) is 11.8 Å². The minimum atomic E-state index is -1.97. The molecule has 0 aliphatic rings. The first-order chi connectivity index (χ1) is 52.3. The Morgan fingerprint density at radius 1 is 0.312 bits per heavy atom. The van der Waals surface area contributed by atoms with Crippen molar-refractivity contribution in [2.24, 2.45) is 73.4 Å². The summed E-state index contributed by atoms with van der Waals surface area (Å²) in [6.07, 6.45) is -7.93. The molecule has 0 aromatic carbocycles. The van der Waals surface area contributed by atoms with E-state index in [1.54, 1.807) is 27.7 Å². The predicted octanol–water partition coefficient (Wildman–Crippen LogP) is -10.4. The number of nitrogens with zero attached hydrogens (tertiary/aromatic N) is 2. The summed E-state index contributed by atoms with van der Waals surface area (Å²) in [4.78, 5) is 258. The fourth-order valence-corrected chi connectivity index (χ4v) is 10.3. The molecule has 0 heterocycles. The van der Waals surface area contributed by atoms with Gasteiger partial charge in [-0.3, -0.25) is 96.3 Å². The predicted molar refractivity (Wildman–Crippen MR) is 394 cm³/mol. The molecule has 0 rings (SSSR count). The van der Waals surface area contributed by atoms with Gasteiger partial charge in [-0.1, -0.05) is 27.7 Å². The van der Waals surface area contributed by atoms with E-state index < -0.39 is 268 Å². The second-order valence-corrected chi connectivity index (χ2v) is 26.9. The van der Waals surface area contributed by atoms with Crippen LogP contribution in [0.1, 0.15) is 163 Å². The molecule has 0 unspecified atom stereocenters. The lowest BCUT2D eigenvalue weighted by Gasteiger charge is -2.28. The number of aliphatic imine (C=N–C) groups is 2. The number of hydrogen-bond donors (Lipinski definition) is 26. The number of aliphatic carboxylic acids is 4. The highest BCUT2D eigenvalue weighted by molar-refractivity contribution is 6.00. The molecule has 0 aliphatic carbocycles. The Bertz CT molecular complexity index is 3320. The summed E-state index contributed by atoms with van der Waals surface area (Å²) in [5.74, 6) is -24.3. The Morgan fingerprint density at radius 3 is 0.946 bits per heavy atom. The molecular formula is C65H113N23O24. The topological polar surface area (TPSA) is 829 Å². The van der Waals surface area contributed by atoms with Gasteiger partial charge in [-0.2, -0.15) is 0 Å². The van der Waals surface area contributed by atoms with E-state index in [0.29, 0.717) is 0 Å². The third-order valence-electron chi connectivity index (χ3n) is 16.2. The van der Waals surface area contributed by atoms with Crippen LogP contribution >= 0.6 is 0 Å². The minimum absolute atomic E-state index is 0.0357. The van der Waals surface area contributed by atoms with Crippen molar-refractivity contribution in [2.75, 3.05) is 26.2 Å². The monoisotopic (exact) mass is 1600 g/mol. The number of carboxylic acid groups (broad SMARTS) is 4. The summed E-state index contributed by atoms with van der Waals surface area (Å²) in [6, 6.07) is -22.3. The van der Waals surface area contributed by atoms with Gasteiger partial charge in [0.05, 0.1) is 19.1 Å². The zero-order chi connectivity index (χ0) is 85.7. The van der Waals surface area contributed by atoms with Gasteiger partial charge in [-0.15, -0.1) is 0 Å². The van der Waals surface area contributed by atoms with E-state index in [-0.39, 0.29) is 102 Å². The van der Waals surface area contributed by atoms with Gasteiger partial charge in [0.25, 0.3) is 0 Å². The molecule has 47 heteroatoms. The lowest BCUT2D eigenvalue weighted by molar-refractivity contribution is -0.144. The molecule has 0 aromatic rings. The standard InChI is InChI=1S/C65H113N23O24/c1-30(2)26-41(60(108)81-34(10-6-7-23-66)55(103)88-44(29-89)62(110)84-39(16-20-47(70)92)59(107)86-42(28-50(97)98)61(109)87-43(63(111)112)27-31(3)4)85-54(102)36(12-9-25-76-65(73)74)80-56(104)37(14-18-45(68)90)82-57(105)38(15-19-46(69)91)83-58(106)40(17-22-49(95)96)78-51(99)32(5)77-53(101)35(11-8-24-75-64(71)72)79-52(100)33(67)13-21-48(93)94/h30-44,89H,6-29,66-67H2,1-5H3,(H2,68,90)(H2,69,91)(H2,70,92)(H,77,101)(H,78,99)(H,79,100)(H,80,104)(H,81,108)(H,82,105)(H,83,106)(H,84,110)(H,85,102)(H,86,107)(H,87,109)(H,88,103)(H,93,94)(H,95,96)(H,97,98)(H,111,112)(H4,71,72,75)(H4,73,74,76)/t32-,33-,34-,35-,36-,37-,38-,39-,40-,41-,42-,43-,44-/m0/s1. The van der Waals surface area contributed by atoms with Crippen molar-refractivity contribution in [3.63, 3.8) is 0 Å². The molecule has 0 saturated heterocycles. The van der Waals surface area contributed by atoms with Crippen LogP contribution < -0.4 is 115 Å². The molecule has 0 aliphatic heterocycles. The number of amides is 15. The van der Waals surface area contributed by atoms with Crippen LogP contribution in [0.3, 0.4) is 0 Å². The molecule has 632 valence electrons. The van der Waals surface area contributed by atoms with E-state index in [1.165, 1.54) is 0 Å². The number of aliphatic hydroxyl groups is 1. The Morgan fingerprint density at radius 2 is 0.598 bits per heavy atom. The van der Waals surface area contributed by atoms with Gasteiger partial charge in [0.1, 0.15) is 72.5 Å². The lowest BCUT2D eigenvalue weighted by Crippen LogP contribution is -2.61. The fourth-order valence-electron chi connectivity index (χ4n) is 10.3. The van der Waals surface area contributed by atoms with Crippen LogP contribution in [0.5, 0.6) is 0 Å². The van der Waals surface area contributed by atoms with Crippen molar-refractivity contribution in [1.29, 1.82) is 0 Å². The van der Waals surface area contributed by atoms with E-state index >= 15 is 0 Å². The van der Waals surface area contributed by atoms with Gasteiger partial charge in [-0.25, -0.2) is 4.79 Å². The zero-order valence-electron chi connectivity index (χ0n) is 63.2. The molecule has 112 heavy (non-hydrogen) atoms. The highest BCUT2D eigenvalue weighted by atomic mass is 16.4. The molecule has 0 saturated carbocycles. The Kier molecular flexibility index (Phi) is 47.7. The first kappa shape index (κ1) is 100. The number of hydrogen-bond acceptors (Lipinski definition) is 24. The van der Waals surface area contributed by atoms with Crippen molar-refractivity contribution in [1.82, 2.24) is 63.8 Å². The average Bonchev–Trinajstić information content (AvgIpc) is 0.820. The number of rotatable bonds is 59. The van der Waals surface area contributed by atoms with Crippen molar-refractivity contribution in [3.05, 3.63) is 0 Å². The molecule has 0 fully saturated rings. The van der Waals surface area contributed by atoms with Gasteiger partial charge < -0.3 is 141 Å². The Hall–Kier alpha value is -11.6. The van der Waals surface area contributed by atoms with E-state index in [9.17, 15) is 112 Å². The zero-order valence-corrected chi connectivity index (χ0v) is 63.2. The molecule has 13 atom stereocenters. The number of unbranched alkanes of at least 4 members (excludes halogenated alkanes) is 1.